The Morgan fingerprint density at radius 1 is 1.48 bits per heavy atom. The number of pyridine rings is 1. The molecule has 1 aromatic rings. The number of rotatable bonds is 5. The molecular formula is C14H19N3O4. The Bertz CT molecular complexity index is 500. The van der Waals surface area contributed by atoms with Crippen LogP contribution in [0.3, 0.4) is 0 Å². The predicted molar refractivity (Wildman–Crippen MR) is 74.9 cm³/mol. The Balaban J connectivity index is 1.89. The number of carbonyl (C=O) groups is 2. The first kappa shape index (κ1) is 15.2. The summed E-state index contributed by atoms with van der Waals surface area (Å²) < 4.78 is 5.11. The lowest BCUT2D eigenvalue weighted by atomic mass is 9.99. The minimum atomic E-state index is -1.30. The largest absolute Gasteiger partial charge is 0.479 e. The van der Waals surface area contributed by atoms with Crippen LogP contribution in [0.2, 0.25) is 0 Å². The summed E-state index contributed by atoms with van der Waals surface area (Å²) in [5.41, 5.74) is -0.232. The molecule has 1 atom stereocenters. The fourth-order valence-corrected chi connectivity index (χ4v) is 2.13. The number of nitrogens with zero attached hydrogens (tertiary/aromatic N) is 2. The number of carboxylic acids is 1. The Labute approximate surface area is 122 Å². The van der Waals surface area contributed by atoms with Crippen LogP contribution in [0.4, 0.5) is 4.79 Å². The number of carboxylic acid groups (broad SMARTS) is 1. The lowest BCUT2D eigenvalue weighted by Gasteiger charge is -2.27. The van der Waals surface area contributed by atoms with E-state index in [0.29, 0.717) is 19.6 Å². The molecule has 2 rings (SSSR count). The number of aromatic nitrogens is 1. The highest BCUT2D eigenvalue weighted by Crippen LogP contribution is 2.19. The second-order valence-corrected chi connectivity index (χ2v) is 5.15. The first-order valence-corrected chi connectivity index (χ1v) is 6.77. The van der Waals surface area contributed by atoms with E-state index >= 15 is 0 Å². The molecule has 0 aliphatic carbocycles. The molecule has 1 aliphatic heterocycles. The smallest absolute Gasteiger partial charge is 0.332 e. The Kier molecular flexibility index (Phi) is 4.74. The van der Waals surface area contributed by atoms with Gasteiger partial charge in [0.15, 0.2) is 5.54 Å². The van der Waals surface area contributed by atoms with Gasteiger partial charge in [-0.25, -0.2) is 9.59 Å². The average molecular weight is 293 g/mol. The molecule has 1 aliphatic rings. The molecule has 0 saturated carbocycles. The van der Waals surface area contributed by atoms with Gasteiger partial charge in [-0.15, -0.1) is 0 Å². The fourth-order valence-electron chi connectivity index (χ4n) is 2.13. The Hall–Kier alpha value is -2.15. The summed E-state index contributed by atoms with van der Waals surface area (Å²) in [7, 11) is 1.64. The zero-order valence-electron chi connectivity index (χ0n) is 11.9. The topological polar surface area (TPSA) is 91.8 Å². The standard InChI is InChI=1S/C14H19N3O4/c1-17(8-4-11-2-6-15-7-3-11)13(20)16-14(12(18)19)5-9-21-10-14/h2-3,6-7H,4-5,8-10H2,1H3,(H,16,20)(H,18,19). The molecule has 114 valence electrons. The van der Waals surface area contributed by atoms with Crippen LogP contribution in [-0.2, 0) is 16.0 Å². The highest BCUT2D eigenvalue weighted by molar-refractivity contribution is 5.86. The van der Waals surface area contributed by atoms with Crippen molar-refractivity contribution in [1.82, 2.24) is 15.2 Å². The first-order chi connectivity index (χ1) is 10.0. The van der Waals surface area contributed by atoms with Crippen LogP contribution in [-0.4, -0.2) is 59.3 Å². The second kappa shape index (κ2) is 6.53. The van der Waals surface area contributed by atoms with Crippen molar-refractivity contribution in [3.05, 3.63) is 30.1 Å². The van der Waals surface area contributed by atoms with Crippen molar-refractivity contribution in [2.24, 2.45) is 0 Å². The van der Waals surface area contributed by atoms with Gasteiger partial charge in [-0.1, -0.05) is 0 Å². The van der Waals surface area contributed by atoms with E-state index in [2.05, 4.69) is 10.3 Å². The molecule has 21 heavy (non-hydrogen) atoms. The first-order valence-electron chi connectivity index (χ1n) is 6.77. The van der Waals surface area contributed by atoms with Gasteiger partial charge in [-0.2, -0.15) is 0 Å². The summed E-state index contributed by atoms with van der Waals surface area (Å²) in [6.45, 7) is 0.839. The fraction of sp³-hybridized carbons (Fsp3) is 0.500. The van der Waals surface area contributed by atoms with E-state index in [1.165, 1.54) is 4.90 Å². The summed E-state index contributed by atoms with van der Waals surface area (Å²) in [6.07, 6.45) is 4.37. The molecule has 1 fully saturated rings. The van der Waals surface area contributed by atoms with E-state index in [4.69, 9.17) is 4.74 Å². The highest BCUT2D eigenvalue weighted by atomic mass is 16.5. The summed E-state index contributed by atoms with van der Waals surface area (Å²) in [5.74, 6) is -1.06. The number of urea groups is 1. The van der Waals surface area contributed by atoms with E-state index < -0.39 is 17.5 Å². The van der Waals surface area contributed by atoms with Crippen LogP contribution in [0.25, 0.3) is 0 Å². The van der Waals surface area contributed by atoms with Gasteiger partial charge < -0.3 is 20.1 Å². The third-order valence-electron chi connectivity index (χ3n) is 3.61. The molecule has 0 radical (unpaired) electrons. The van der Waals surface area contributed by atoms with Crippen LogP contribution < -0.4 is 5.32 Å². The van der Waals surface area contributed by atoms with Crippen LogP contribution in [0.1, 0.15) is 12.0 Å². The Morgan fingerprint density at radius 3 is 2.76 bits per heavy atom. The van der Waals surface area contributed by atoms with Crippen molar-refractivity contribution in [3.8, 4) is 0 Å². The van der Waals surface area contributed by atoms with Crippen LogP contribution in [0, 0.1) is 0 Å². The zero-order valence-corrected chi connectivity index (χ0v) is 11.9. The van der Waals surface area contributed by atoms with Gasteiger partial charge in [0.25, 0.3) is 0 Å². The van der Waals surface area contributed by atoms with Crippen molar-refractivity contribution in [2.45, 2.75) is 18.4 Å². The summed E-state index contributed by atoms with van der Waals surface area (Å²) >= 11 is 0. The SMILES string of the molecule is CN(CCc1ccncc1)C(=O)NC1(C(=O)O)CCOC1. The molecule has 0 bridgehead atoms. The number of likely N-dealkylation sites (N-methyl/N-ethyl adjacent to an activating group) is 1. The van der Waals surface area contributed by atoms with E-state index in [1.54, 1.807) is 19.4 Å². The van der Waals surface area contributed by atoms with Gasteiger partial charge in [0.2, 0.25) is 0 Å². The molecule has 2 heterocycles. The molecule has 7 nitrogen and oxygen atoms in total. The van der Waals surface area contributed by atoms with Gasteiger partial charge in [0, 0.05) is 39.0 Å². The second-order valence-electron chi connectivity index (χ2n) is 5.15. The van der Waals surface area contributed by atoms with Crippen molar-refractivity contribution in [3.63, 3.8) is 0 Å². The van der Waals surface area contributed by atoms with Crippen LogP contribution in [0.15, 0.2) is 24.5 Å². The third-order valence-corrected chi connectivity index (χ3v) is 3.61. The summed E-state index contributed by atoms with van der Waals surface area (Å²) in [5, 5.41) is 11.9. The molecule has 2 amide bonds. The van der Waals surface area contributed by atoms with Gasteiger partial charge in [-0.05, 0) is 24.1 Å². The Morgan fingerprint density at radius 2 is 2.19 bits per heavy atom. The maximum Gasteiger partial charge on any atom is 0.332 e. The van der Waals surface area contributed by atoms with Gasteiger partial charge in [-0.3, -0.25) is 4.98 Å². The normalized spacial score (nSPS) is 21.0. The maximum atomic E-state index is 12.1. The van der Waals surface area contributed by atoms with Gasteiger partial charge >= 0.3 is 12.0 Å². The van der Waals surface area contributed by atoms with Crippen molar-refractivity contribution < 1.29 is 19.4 Å². The van der Waals surface area contributed by atoms with Gasteiger partial charge in [0.05, 0.1) is 6.61 Å². The number of ether oxygens (including phenoxy) is 1. The number of nitrogens with one attached hydrogen (secondary N) is 1. The molecule has 7 heteroatoms. The van der Waals surface area contributed by atoms with Crippen molar-refractivity contribution >= 4 is 12.0 Å². The quantitative estimate of drug-likeness (QED) is 0.825. The highest BCUT2D eigenvalue weighted by Gasteiger charge is 2.44. The summed E-state index contributed by atoms with van der Waals surface area (Å²) in [6, 6.07) is 3.36. The zero-order chi connectivity index (χ0) is 15.3. The molecule has 0 spiro atoms. The minimum absolute atomic E-state index is 0.00622. The third kappa shape index (κ3) is 3.69. The summed E-state index contributed by atoms with van der Waals surface area (Å²) in [4.78, 5) is 28.9. The van der Waals surface area contributed by atoms with E-state index in [9.17, 15) is 14.7 Å². The van der Waals surface area contributed by atoms with Gasteiger partial charge in [0.1, 0.15) is 0 Å². The van der Waals surface area contributed by atoms with Crippen molar-refractivity contribution in [1.29, 1.82) is 0 Å². The minimum Gasteiger partial charge on any atom is -0.479 e. The molecule has 0 aromatic carbocycles. The number of amides is 2. The maximum absolute atomic E-state index is 12.1. The lowest BCUT2D eigenvalue weighted by Crippen LogP contribution is -2.58. The number of aliphatic carboxylic acids is 1. The predicted octanol–water partition coefficient (Wildman–Crippen LogP) is 0.509. The molecule has 1 aromatic heterocycles. The van der Waals surface area contributed by atoms with Crippen LogP contribution >= 0.6 is 0 Å². The molecular weight excluding hydrogens is 274 g/mol. The van der Waals surface area contributed by atoms with Crippen molar-refractivity contribution in [2.75, 3.05) is 26.8 Å². The average Bonchev–Trinajstić information content (AvgIpc) is 2.95. The number of hydrogen-bond donors (Lipinski definition) is 2. The number of hydrogen-bond acceptors (Lipinski definition) is 4. The van der Waals surface area contributed by atoms with Crippen LogP contribution in [0.5, 0.6) is 0 Å². The lowest BCUT2D eigenvalue weighted by molar-refractivity contribution is -0.144. The van der Waals surface area contributed by atoms with E-state index in [1.807, 2.05) is 12.1 Å². The molecule has 1 saturated heterocycles. The monoisotopic (exact) mass is 293 g/mol. The number of carbonyl (C=O) groups excluding carboxylic acids is 1. The molecule has 1 unspecified atom stereocenters. The van der Waals surface area contributed by atoms with E-state index in [-0.39, 0.29) is 13.0 Å². The molecule has 2 N–H and O–H groups in total. The van der Waals surface area contributed by atoms with E-state index in [0.717, 1.165) is 5.56 Å².